The first kappa shape index (κ1) is 39.5. The Kier molecular flexibility index (Phi) is 10.8. The Morgan fingerprint density at radius 2 is 1.54 bits per heavy atom. The maximum Gasteiger partial charge on any atom is 0.264 e. The minimum atomic E-state index is -1.37. The number of methoxy groups -OCH3 is 2. The van der Waals surface area contributed by atoms with E-state index in [-0.39, 0.29) is 23.7 Å². The van der Waals surface area contributed by atoms with E-state index in [0.717, 1.165) is 28.1 Å². The zero-order valence-corrected chi connectivity index (χ0v) is 33.9. The van der Waals surface area contributed by atoms with Crippen molar-refractivity contribution in [1.29, 1.82) is 0 Å². The van der Waals surface area contributed by atoms with Crippen LogP contribution in [0.2, 0.25) is 0 Å². The van der Waals surface area contributed by atoms with E-state index in [0.29, 0.717) is 47.8 Å². The second kappa shape index (κ2) is 16.2. The summed E-state index contributed by atoms with van der Waals surface area (Å²) in [5.74, 6) is 0.493. The molecule has 5 atom stereocenters. The molecule has 5 aromatic carbocycles. The van der Waals surface area contributed by atoms with Crippen LogP contribution in [0.25, 0.3) is 0 Å². The Balaban J connectivity index is 1.18. The summed E-state index contributed by atoms with van der Waals surface area (Å²) in [5, 5.41) is 22.8. The van der Waals surface area contributed by atoms with E-state index in [1.807, 2.05) is 95.9 Å². The van der Waals surface area contributed by atoms with Crippen molar-refractivity contribution in [2.75, 3.05) is 24.4 Å². The van der Waals surface area contributed by atoms with Crippen LogP contribution in [0.3, 0.4) is 0 Å². The molecule has 2 aliphatic heterocycles. The molecule has 0 saturated carbocycles. The minimum absolute atomic E-state index is 0.144. The molecule has 0 unspecified atom stereocenters. The summed E-state index contributed by atoms with van der Waals surface area (Å²) in [4.78, 5) is 30.7. The fourth-order valence-corrected chi connectivity index (χ4v) is 9.14. The van der Waals surface area contributed by atoms with Crippen LogP contribution in [0.15, 0.2) is 134 Å². The van der Waals surface area contributed by atoms with Gasteiger partial charge in [-0.1, -0.05) is 98.8 Å². The summed E-state index contributed by atoms with van der Waals surface area (Å²) in [6.45, 7) is 7.33. The molecule has 2 N–H and O–H groups in total. The molecule has 2 aliphatic rings. The van der Waals surface area contributed by atoms with Gasteiger partial charge in [0.1, 0.15) is 23.3 Å². The highest BCUT2D eigenvalue weighted by atomic mass is 16.5. The van der Waals surface area contributed by atoms with Gasteiger partial charge in [0.2, 0.25) is 0 Å². The molecule has 2 amide bonds. The molecular weight excluding hydrogens is 743 g/mol. The molecule has 11 nitrogen and oxygen atoms in total. The van der Waals surface area contributed by atoms with Gasteiger partial charge in [-0.3, -0.25) is 14.3 Å². The van der Waals surface area contributed by atoms with Crippen LogP contribution in [-0.4, -0.2) is 52.2 Å². The number of hydrogen-bond acceptors (Lipinski definition) is 8. The lowest BCUT2D eigenvalue weighted by atomic mass is 9.63. The van der Waals surface area contributed by atoms with E-state index < -0.39 is 23.2 Å². The van der Waals surface area contributed by atoms with Crippen LogP contribution in [0, 0.1) is 11.8 Å². The van der Waals surface area contributed by atoms with Gasteiger partial charge >= 0.3 is 0 Å². The molecule has 59 heavy (non-hydrogen) atoms. The zero-order valence-electron chi connectivity index (χ0n) is 33.9. The second-order valence-electron chi connectivity index (χ2n) is 16.0. The summed E-state index contributed by atoms with van der Waals surface area (Å²) >= 11 is 0. The van der Waals surface area contributed by atoms with E-state index in [1.54, 1.807) is 49.4 Å². The van der Waals surface area contributed by atoms with E-state index >= 15 is 4.79 Å². The maximum atomic E-state index is 15.4. The van der Waals surface area contributed by atoms with E-state index in [9.17, 15) is 9.90 Å². The third kappa shape index (κ3) is 7.36. The lowest BCUT2D eigenvalue weighted by Gasteiger charge is -2.38. The number of aromatic nitrogens is 3. The molecule has 0 radical (unpaired) electrons. The number of nitrogens with one attached hydrogen (secondary N) is 1. The number of aliphatic hydroxyl groups excluding tert-OH is 1. The number of amides is 2. The van der Waals surface area contributed by atoms with Crippen LogP contribution < -0.4 is 19.7 Å². The number of rotatable bonds is 13. The molecule has 1 saturated heterocycles. The third-order valence-electron chi connectivity index (χ3n) is 12.2. The highest BCUT2D eigenvalue weighted by Crippen LogP contribution is 2.60. The van der Waals surface area contributed by atoms with E-state index in [4.69, 9.17) is 14.2 Å². The first-order valence-electron chi connectivity index (χ1n) is 19.9. The number of anilines is 2. The summed E-state index contributed by atoms with van der Waals surface area (Å²) in [6.07, 6.45) is 0.945. The quantitative estimate of drug-likeness (QED) is 0.120. The highest BCUT2D eigenvalue weighted by Gasteiger charge is 2.66. The molecule has 1 aromatic heterocycles. The predicted octanol–water partition coefficient (Wildman–Crippen LogP) is 8.09. The van der Waals surface area contributed by atoms with Crippen LogP contribution in [0.4, 0.5) is 11.4 Å². The van der Waals surface area contributed by atoms with E-state index in [1.165, 1.54) is 0 Å². The largest absolute Gasteiger partial charge is 0.497 e. The van der Waals surface area contributed by atoms with Crippen molar-refractivity contribution in [3.63, 3.8) is 0 Å². The fraction of sp³-hybridized carbons (Fsp3) is 0.292. The number of benzene rings is 5. The van der Waals surface area contributed by atoms with Gasteiger partial charge in [0.25, 0.3) is 11.8 Å². The summed E-state index contributed by atoms with van der Waals surface area (Å²) in [7, 11) is 3.24. The number of carbonyl (C=O) groups excluding carboxylic acids is 2. The van der Waals surface area contributed by atoms with Gasteiger partial charge in [0.05, 0.1) is 38.8 Å². The lowest BCUT2D eigenvalue weighted by molar-refractivity contribution is -0.146. The molecule has 0 bridgehead atoms. The van der Waals surface area contributed by atoms with Gasteiger partial charge in [-0.05, 0) is 83.1 Å². The number of ether oxygens (including phenoxy) is 3. The molecule has 302 valence electrons. The van der Waals surface area contributed by atoms with Gasteiger partial charge < -0.3 is 29.5 Å². The van der Waals surface area contributed by atoms with Crippen molar-refractivity contribution in [3.8, 4) is 11.5 Å². The number of hydrogen-bond donors (Lipinski definition) is 2. The number of fused-ring (bicyclic) bond motifs is 2. The average Bonchev–Trinajstić information content (AvgIpc) is 3.93. The van der Waals surface area contributed by atoms with Crippen molar-refractivity contribution in [1.82, 2.24) is 15.0 Å². The van der Waals surface area contributed by atoms with Crippen molar-refractivity contribution in [3.05, 3.63) is 167 Å². The Labute approximate surface area is 344 Å². The molecule has 1 spiro atoms. The fourth-order valence-electron chi connectivity index (χ4n) is 9.14. The van der Waals surface area contributed by atoms with Crippen LogP contribution in [0.5, 0.6) is 11.5 Å². The molecule has 0 aliphatic carbocycles. The normalized spacial score (nSPS) is 20.4. The Bertz CT molecular complexity index is 2420. The number of nitrogens with zero attached hydrogens (tertiary/aromatic N) is 4. The van der Waals surface area contributed by atoms with Crippen molar-refractivity contribution >= 4 is 23.2 Å². The SMILES string of the molecule is COc1ccc(C(=O)Nc2ccc3c(c2)[C@]2(O[C@@H](CCn4cc([C@H](O)c5ccccc5)nn4)[C@H](C(C)(C)c4ccc(OC)cc4)[C@H]2C)C(=O)N3Cc2ccccc2)cc1. The second-order valence-corrected chi connectivity index (χ2v) is 16.0. The molecular formula is C48H49N5O6. The maximum absolute atomic E-state index is 15.4. The summed E-state index contributed by atoms with van der Waals surface area (Å²) < 4.78 is 19.9. The third-order valence-corrected chi connectivity index (χ3v) is 12.2. The lowest BCUT2D eigenvalue weighted by Crippen LogP contribution is -2.45. The highest BCUT2D eigenvalue weighted by molar-refractivity contribution is 6.09. The van der Waals surface area contributed by atoms with Gasteiger partial charge in [-0.15, -0.1) is 5.10 Å². The molecule has 6 aromatic rings. The monoisotopic (exact) mass is 791 g/mol. The van der Waals surface area contributed by atoms with Gasteiger partial charge in [0, 0.05) is 35.2 Å². The van der Waals surface area contributed by atoms with Gasteiger partial charge in [0.15, 0.2) is 5.60 Å². The molecule has 1 fully saturated rings. The summed E-state index contributed by atoms with van der Waals surface area (Å²) in [6, 6.07) is 40.0. The molecule has 11 heteroatoms. The van der Waals surface area contributed by atoms with Crippen molar-refractivity contribution in [2.24, 2.45) is 11.8 Å². The average molecular weight is 792 g/mol. The predicted molar refractivity (Wildman–Crippen MR) is 225 cm³/mol. The first-order valence-corrected chi connectivity index (χ1v) is 19.9. The molecule has 8 rings (SSSR count). The van der Waals surface area contributed by atoms with E-state index in [2.05, 4.69) is 48.5 Å². The Morgan fingerprint density at radius 1 is 0.898 bits per heavy atom. The molecule has 3 heterocycles. The summed E-state index contributed by atoms with van der Waals surface area (Å²) in [5.41, 5.74) is 3.87. The van der Waals surface area contributed by atoms with Crippen molar-refractivity contribution < 1.29 is 28.9 Å². The number of carbonyl (C=O) groups is 2. The van der Waals surface area contributed by atoms with Crippen LogP contribution in [0.1, 0.15) is 71.6 Å². The smallest absolute Gasteiger partial charge is 0.264 e. The topological polar surface area (TPSA) is 128 Å². The number of aryl methyl sites for hydroxylation is 1. The van der Waals surface area contributed by atoms with Crippen LogP contribution >= 0.6 is 0 Å². The number of aliphatic hydroxyl groups is 1. The van der Waals surface area contributed by atoms with Gasteiger partial charge in [-0.2, -0.15) is 0 Å². The first-order chi connectivity index (χ1) is 28.5. The van der Waals surface area contributed by atoms with Crippen molar-refractivity contribution in [2.45, 2.75) is 63.5 Å². The minimum Gasteiger partial charge on any atom is -0.497 e. The Hall–Kier alpha value is -6.30. The Morgan fingerprint density at radius 3 is 2.20 bits per heavy atom. The van der Waals surface area contributed by atoms with Gasteiger partial charge in [-0.25, -0.2) is 0 Å². The standard InChI is InChI=1S/C48H49N5O6/c1-31-43(47(2,3)35-18-23-38(58-5)24-19-35)42(26-27-52-30-40(50-51-52)44(54)33-14-10-7-11-15-33)59-48(31)39-28-36(49-45(55)34-16-21-37(57-4)22-17-34)20-25-41(39)53(46(48)56)29-32-12-8-6-9-13-32/h6-25,28,30-31,42-44,54H,26-27,29H2,1-5H3,(H,49,55)/t31-,42+,43-,44-,48+/m1/s1. The zero-order chi connectivity index (χ0) is 41.3. The van der Waals surface area contributed by atoms with Crippen LogP contribution in [-0.2, 0) is 33.6 Å².